The van der Waals surface area contributed by atoms with Crippen LogP contribution in [0.4, 0.5) is 0 Å². The zero-order chi connectivity index (χ0) is 12.5. The molecule has 0 aliphatic rings. The molecule has 0 spiro atoms. The first kappa shape index (κ1) is 11.5. The minimum atomic E-state index is -3.50. The Balaban J connectivity index is 2.24. The summed E-state index contributed by atoms with van der Waals surface area (Å²) >= 11 is 0. The van der Waals surface area contributed by atoms with Crippen molar-refractivity contribution in [1.82, 2.24) is 20.2 Å². The number of aryl methyl sites for hydroxylation is 1. The van der Waals surface area contributed by atoms with Crippen molar-refractivity contribution in [3.8, 4) is 17.1 Å². The lowest BCUT2D eigenvalue weighted by Gasteiger charge is -2.02. The molecule has 7 nitrogen and oxygen atoms in total. The highest BCUT2D eigenvalue weighted by Gasteiger charge is 2.07. The van der Waals surface area contributed by atoms with Gasteiger partial charge in [-0.3, -0.25) is 0 Å². The Labute approximate surface area is 98.1 Å². The van der Waals surface area contributed by atoms with Crippen LogP contribution in [0.25, 0.3) is 11.4 Å². The van der Waals surface area contributed by atoms with Crippen LogP contribution in [0.1, 0.15) is 0 Å². The van der Waals surface area contributed by atoms with Gasteiger partial charge in [-0.25, -0.2) is 0 Å². The molecule has 0 aliphatic carbocycles. The Bertz CT molecular complexity index is 618. The van der Waals surface area contributed by atoms with Gasteiger partial charge in [-0.15, -0.1) is 10.2 Å². The first-order valence-corrected chi connectivity index (χ1v) is 6.49. The molecule has 0 atom stereocenters. The van der Waals surface area contributed by atoms with Gasteiger partial charge in [-0.05, 0) is 29.5 Å². The first-order chi connectivity index (χ1) is 7.94. The van der Waals surface area contributed by atoms with Crippen LogP contribution in [0, 0.1) is 0 Å². The Morgan fingerprint density at radius 3 is 2.35 bits per heavy atom. The van der Waals surface area contributed by atoms with Gasteiger partial charge in [-0.1, -0.05) is 0 Å². The average Bonchev–Trinajstić information content (AvgIpc) is 2.63. The zero-order valence-electron chi connectivity index (χ0n) is 9.23. The van der Waals surface area contributed by atoms with Gasteiger partial charge in [0.2, 0.25) is 5.82 Å². The Morgan fingerprint density at radius 1 is 1.24 bits per heavy atom. The van der Waals surface area contributed by atoms with Crippen molar-refractivity contribution in [1.29, 1.82) is 0 Å². The maximum Gasteiger partial charge on any atom is 0.306 e. The fourth-order valence-corrected chi connectivity index (χ4v) is 1.69. The van der Waals surface area contributed by atoms with E-state index in [-0.39, 0.29) is 5.75 Å². The summed E-state index contributed by atoms with van der Waals surface area (Å²) in [5.41, 5.74) is 0.735. The lowest BCUT2D eigenvalue weighted by molar-refractivity contribution is 0.493. The van der Waals surface area contributed by atoms with Gasteiger partial charge in [0.1, 0.15) is 5.75 Å². The monoisotopic (exact) mass is 254 g/mol. The number of nitrogens with zero attached hydrogens (tertiary/aromatic N) is 4. The molecular formula is C9H10N4O3S. The highest BCUT2D eigenvalue weighted by molar-refractivity contribution is 7.86. The van der Waals surface area contributed by atoms with Crippen molar-refractivity contribution in [2.24, 2.45) is 7.05 Å². The third-order valence-corrected chi connectivity index (χ3v) is 2.36. The molecule has 2 aromatic rings. The number of hydrogen-bond acceptors (Lipinski definition) is 6. The fourth-order valence-electron chi connectivity index (χ4n) is 1.23. The van der Waals surface area contributed by atoms with E-state index in [0.29, 0.717) is 5.82 Å². The summed E-state index contributed by atoms with van der Waals surface area (Å²) in [6, 6.07) is 6.40. The molecule has 0 amide bonds. The normalized spacial score (nSPS) is 11.4. The largest absolute Gasteiger partial charge is 0.383 e. The molecule has 1 heterocycles. The van der Waals surface area contributed by atoms with E-state index in [1.165, 1.54) is 16.9 Å². The third kappa shape index (κ3) is 3.00. The zero-order valence-corrected chi connectivity index (χ0v) is 10.0. The van der Waals surface area contributed by atoms with Gasteiger partial charge in [-0.2, -0.15) is 13.2 Å². The van der Waals surface area contributed by atoms with Gasteiger partial charge in [0.25, 0.3) is 0 Å². The van der Waals surface area contributed by atoms with Crippen LogP contribution >= 0.6 is 0 Å². The lowest BCUT2D eigenvalue weighted by Crippen LogP contribution is -2.05. The van der Waals surface area contributed by atoms with Crippen LogP contribution in [-0.2, 0) is 17.2 Å². The maximum absolute atomic E-state index is 10.9. The number of hydrogen-bond donors (Lipinski definition) is 0. The van der Waals surface area contributed by atoms with E-state index in [1.807, 2.05) is 0 Å². The second-order valence-corrected chi connectivity index (χ2v) is 4.99. The summed E-state index contributed by atoms with van der Waals surface area (Å²) in [5, 5.41) is 11.6. The predicted octanol–water partition coefficient (Wildman–Crippen LogP) is 0.215. The molecule has 2 rings (SSSR count). The molecule has 0 aliphatic heterocycles. The molecule has 90 valence electrons. The van der Waals surface area contributed by atoms with Crippen LogP contribution in [-0.4, -0.2) is 34.9 Å². The van der Waals surface area contributed by atoms with Crippen molar-refractivity contribution >= 4 is 10.1 Å². The molecule has 0 fully saturated rings. The summed E-state index contributed by atoms with van der Waals surface area (Å²) in [4.78, 5) is 1.34. The van der Waals surface area contributed by atoms with E-state index in [2.05, 4.69) is 15.4 Å². The highest BCUT2D eigenvalue weighted by atomic mass is 32.2. The molecule has 0 saturated heterocycles. The first-order valence-electron chi connectivity index (χ1n) is 4.68. The molecule has 0 saturated carbocycles. The minimum absolute atomic E-state index is 0.250. The van der Waals surface area contributed by atoms with Crippen molar-refractivity contribution in [2.45, 2.75) is 0 Å². The second-order valence-electron chi connectivity index (χ2n) is 3.41. The molecule has 8 heteroatoms. The molecule has 17 heavy (non-hydrogen) atoms. The Kier molecular flexibility index (Phi) is 2.80. The Hall–Kier alpha value is -1.96. The van der Waals surface area contributed by atoms with Crippen LogP contribution < -0.4 is 4.18 Å². The number of benzene rings is 1. The summed E-state index contributed by atoms with van der Waals surface area (Å²) < 4.78 is 26.5. The van der Waals surface area contributed by atoms with Crippen molar-refractivity contribution in [3.63, 3.8) is 0 Å². The van der Waals surface area contributed by atoms with Crippen LogP contribution in [0.15, 0.2) is 24.3 Å². The van der Waals surface area contributed by atoms with E-state index in [9.17, 15) is 8.42 Å². The standard InChI is InChI=1S/C9H10N4O3S/c1-13-11-9(10-12-13)7-3-5-8(6-4-7)16-17(2,14)15/h3-6H,1-2H3. The molecule has 0 radical (unpaired) electrons. The average molecular weight is 254 g/mol. The van der Waals surface area contributed by atoms with Gasteiger partial charge < -0.3 is 4.18 Å². The van der Waals surface area contributed by atoms with Crippen LogP contribution in [0.2, 0.25) is 0 Å². The summed E-state index contributed by atoms with van der Waals surface area (Å²) in [7, 11) is -1.83. The Morgan fingerprint density at radius 2 is 1.88 bits per heavy atom. The van der Waals surface area contributed by atoms with Crippen molar-refractivity contribution < 1.29 is 12.6 Å². The number of rotatable bonds is 3. The van der Waals surface area contributed by atoms with Gasteiger partial charge in [0.05, 0.1) is 13.3 Å². The lowest BCUT2D eigenvalue weighted by atomic mass is 10.2. The molecule has 1 aromatic carbocycles. The highest BCUT2D eigenvalue weighted by Crippen LogP contribution is 2.19. The maximum atomic E-state index is 10.9. The van der Waals surface area contributed by atoms with Crippen LogP contribution in [0.5, 0.6) is 5.75 Å². The van der Waals surface area contributed by atoms with E-state index in [1.54, 1.807) is 19.2 Å². The van der Waals surface area contributed by atoms with E-state index >= 15 is 0 Å². The quantitative estimate of drug-likeness (QED) is 0.728. The SMILES string of the molecule is Cn1nnc(-c2ccc(OS(C)(=O)=O)cc2)n1. The van der Waals surface area contributed by atoms with E-state index < -0.39 is 10.1 Å². The summed E-state index contributed by atoms with van der Waals surface area (Å²) in [6.07, 6.45) is 0.991. The molecule has 1 aromatic heterocycles. The van der Waals surface area contributed by atoms with Crippen LogP contribution in [0.3, 0.4) is 0 Å². The summed E-state index contributed by atoms with van der Waals surface area (Å²) in [6.45, 7) is 0. The van der Waals surface area contributed by atoms with Gasteiger partial charge in [0.15, 0.2) is 0 Å². The topological polar surface area (TPSA) is 87.0 Å². The minimum Gasteiger partial charge on any atom is -0.383 e. The fraction of sp³-hybridized carbons (Fsp3) is 0.222. The van der Waals surface area contributed by atoms with E-state index in [0.717, 1.165) is 11.8 Å². The molecule has 0 N–H and O–H groups in total. The molecular weight excluding hydrogens is 244 g/mol. The predicted molar refractivity (Wildman–Crippen MR) is 59.7 cm³/mol. The summed E-state index contributed by atoms with van der Waals surface area (Å²) in [5.74, 6) is 0.721. The molecule has 0 bridgehead atoms. The second kappa shape index (κ2) is 4.13. The van der Waals surface area contributed by atoms with Gasteiger partial charge >= 0.3 is 10.1 Å². The van der Waals surface area contributed by atoms with Crippen molar-refractivity contribution in [2.75, 3.05) is 6.26 Å². The van der Waals surface area contributed by atoms with E-state index in [4.69, 9.17) is 4.18 Å². The number of aromatic nitrogens is 4. The van der Waals surface area contributed by atoms with Gasteiger partial charge in [0, 0.05) is 5.56 Å². The van der Waals surface area contributed by atoms with Crippen molar-refractivity contribution in [3.05, 3.63) is 24.3 Å². The molecule has 0 unspecified atom stereocenters. The third-order valence-electron chi connectivity index (χ3n) is 1.87. The number of tetrazole rings is 1. The smallest absolute Gasteiger partial charge is 0.306 e.